The zero-order valence-corrected chi connectivity index (χ0v) is 12.2. The Morgan fingerprint density at radius 1 is 1.38 bits per heavy atom. The highest BCUT2D eigenvalue weighted by Gasteiger charge is 2.17. The van der Waals surface area contributed by atoms with Crippen LogP contribution in [-0.4, -0.2) is 15.8 Å². The van der Waals surface area contributed by atoms with E-state index in [1.54, 1.807) is 0 Å². The number of aryl methyl sites for hydroxylation is 2. The molecule has 0 aliphatic carbocycles. The summed E-state index contributed by atoms with van der Waals surface area (Å²) in [5.74, 6) is 0.497. The molecular weight excluding hydrogens is 266 g/mol. The van der Waals surface area contributed by atoms with Crippen molar-refractivity contribution in [2.75, 3.05) is 0 Å². The number of halogens is 1. The third-order valence-electron chi connectivity index (χ3n) is 2.98. The second-order valence-electron chi connectivity index (χ2n) is 4.49. The van der Waals surface area contributed by atoms with E-state index in [-0.39, 0.29) is 6.04 Å². The van der Waals surface area contributed by atoms with Crippen molar-refractivity contribution in [3.05, 3.63) is 15.9 Å². The SMILES string of the molecule is CCc1nn(CC)c(CC(N)C(C)C)c1Br. The van der Waals surface area contributed by atoms with Gasteiger partial charge in [0.15, 0.2) is 0 Å². The van der Waals surface area contributed by atoms with Gasteiger partial charge < -0.3 is 5.73 Å². The molecular formula is C12H22BrN3. The van der Waals surface area contributed by atoms with Gasteiger partial charge in [-0.25, -0.2) is 0 Å². The van der Waals surface area contributed by atoms with Gasteiger partial charge >= 0.3 is 0 Å². The molecule has 0 amide bonds. The standard InChI is InChI=1S/C12H22BrN3/c1-5-10-12(13)11(16(6-2)15-10)7-9(14)8(3)4/h8-9H,5-7,14H2,1-4H3. The molecule has 3 nitrogen and oxygen atoms in total. The van der Waals surface area contributed by atoms with Gasteiger partial charge in [0.2, 0.25) is 0 Å². The molecule has 1 unspecified atom stereocenters. The van der Waals surface area contributed by atoms with Crippen LogP contribution in [0.15, 0.2) is 4.47 Å². The molecule has 0 saturated heterocycles. The van der Waals surface area contributed by atoms with Gasteiger partial charge in [-0.3, -0.25) is 4.68 Å². The molecule has 0 bridgehead atoms. The fraction of sp³-hybridized carbons (Fsp3) is 0.750. The van der Waals surface area contributed by atoms with Crippen molar-refractivity contribution >= 4 is 15.9 Å². The summed E-state index contributed by atoms with van der Waals surface area (Å²) in [6.45, 7) is 9.46. The predicted octanol–water partition coefficient (Wildman–Crippen LogP) is 2.75. The number of aromatic nitrogens is 2. The van der Waals surface area contributed by atoms with Crippen molar-refractivity contribution in [1.82, 2.24) is 9.78 Å². The molecule has 1 aromatic rings. The fourth-order valence-electron chi connectivity index (χ4n) is 1.67. The summed E-state index contributed by atoms with van der Waals surface area (Å²) in [4.78, 5) is 0. The summed E-state index contributed by atoms with van der Waals surface area (Å²) < 4.78 is 3.21. The Labute approximate surface area is 107 Å². The highest BCUT2D eigenvalue weighted by molar-refractivity contribution is 9.10. The van der Waals surface area contributed by atoms with Crippen LogP contribution in [0, 0.1) is 5.92 Å². The highest BCUT2D eigenvalue weighted by Crippen LogP contribution is 2.24. The Hall–Kier alpha value is -0.350. The van der Waals surface area contributed by atoms with Crippen LogP contribution in [0.25, 0.3) is 0 Å². The summed E-state index contributed by atoms with van der Waals surface area (Å²) in [6, 6.07) is 0.197. The van der Waals surface area contributed by atoms with E-state index < -0.39 is 0 Å². The molecule has 1 rings (SSSR count). The van der Waals surface area contributed by atoms with Gasteiger partial charge in [0.1, 0.15) is 0 Å². The van der Waals surface area contributed by atoms with Crippen LogP contribution in [0.1, 0.15) is 39.1 Å². The number of hydrogen-bond donors (Lipinski definition) is 1. The van der Waals surface area contributed by atoms with E-state index in [2.05, 4.69) is 53.4 Å². The fourth-order valence-corrected chi connectivity index (χ4v) is 2.40. The molecule has 0 radical (unpaired) electrons. The van der Waals surface area contributed by atoms with Crippen molar-refractivity contribution in [1.29, 1.82) is 0 Å². The molecule has 0 fully saturated rings. The average molecular weight is 288 g/mol. The Morgan fingerprint density at radius 2 is 2.00 bits per heavy atom. The molecule has 0 saturated carbocycles. The van der Waals surface area contributed by atoms with Crippen LogP contribution in [0.4, 0.5) is 0 Å². The van der Waals surface area contributed by atoms with E-state index in [0.717, 1.165) is 29.6 Å². The summed E-state index contributed by atoms with van der Waals surface area (Å²) >= 11 is 3.64. The molecule has 1 aromatic heterocycles. The third kappa shape index (κ3) is 2.86. The minimum atomic E-state index is 0.197. The predicted molar refractivity (Wildman–Crippen MR) is 71.5 cm³/mol. The topological polar surface area (TPSA) is 43.8 Å². The summed E-state index contributed by atoms with van der Waals surface area (Å²) in [7, 11) is 0. The van der Waals surface area contributed by atoms with Gasteiger partial charge in [0.25, 0.3) is 0 Å². The van der Waals surface area contributed by atoms with Crippen molar-refractivity contribution in [2.24, 2.45) is 11.7 Å². The number of hydrogen-bond acceptors (Lipinski definition) is 2. The van der Waals surface area contributed by atoms with E-state index in [1.807, 2.05) is 0 Å². The smallest absolute Gasteiger partial charge is 0.0766 e. The lowest BCUT2D eigenvalue weighted by Gasteiger charge is -2.16. The quantitative estimate of drug-likeness (QED) is 0.905. The molecule has 0 spiro atoms. The Morgan fingerprint density at radius 3 is 2.44 bits per heavy atom. The third-order valence-corrected chi connectivity index (χ3v) is 3.89. The van der Waals surface area contributed by atoms with Crippen LogP contribution in [0.5, 0.6) is 0 Å². The van der Waals surface area contributed by atoms with E-state index >= 15 is 0 Å². The molecule has 4 heteroatoms. The Kier molecular flexibility index (Phi) is 4.99. The average Bonchev–Trinajstić information content (AvgIpc) is 2.55. The second-order valence-corrected chi connectivity index (χ2v) is 5.28. The number of nitrogens with two attached hydrogens (primary N) is 1. The van der Waals surface area contributed by atoms with Crippen molar-refractivity contribution in [2.45, 2.75) is 53.1 Å². The summed E-state index contributed by atoms with van der Waals surface area (Å²) in [5.41, 5.74) is 8.50. The van der Waals surface area contributed by atoms with Crippen molar-refractivity contribution in [3.8, 4) is 0 Å². The van der Waals surface area contributed by atoms with Crippen molar-refractivity contribution in [3.63, 3.8) is 0 Å². The number of nitrogens with zero attached hydrogens (tertiary/aromatic N) is 2. The van der Waals surface area contributed by atoms with Gasteiger partial charge in [-0.15, -0.1) is 0 Å². The van der Waals surface area contributed by atoms with Crippen LogP contribution in [0.2, 0.25) is 0 Å². The molecule has 0 aliphatic heterocycles. The van der Waals surface area contributed by atoms with E-state index in [9.17, 15) is 0 Å². The Bertz CT molecular complexity index is 344. The van der Waals surface area contributed by atoms with Gasteiger partial charge in [-0.05, 0) is 35.2 Å². The second kappa shape index (κ2) is 5.82. The molecule has 0 aliphatic rings. The lowest BCUT2D eigenvalue weighted by Crippen LogP contribution is -2.30. The molecule has 0 aromatic carbocycles. The molecule has 92 valence electrons. The minimum absolute atomic E-state index is 0.197. The van der Waals surface area contributed by atoms with Crippen LogP contribution in [0.3, 0.4) is 0 Å². The van der Waals surface area contributed by atoms with E-state index in [1.165, 1.54) is 5.69 Å². The maximum atomic E-state index is 6.13. The monoisotopic (exact) mass is 287 g/mol. The molecule has 2 N–H and O–H groups in total. The lowest BCUT2D eigenvalue weighted by molar-refractivity contribution is 0.470. The maximum Gasteiger partial charge on any atom is 0.0766 e. The molecule has 1 atom stereocenters. The zero-order valence-electron chi connectivity index (χ0n) is 10.6. The molecule has 16 heavy (non-hydrogen) atoms. The highest BCUT2D eigenvalue weighted by atomic mass is 79.9. The van der Waals surface area contributed by atoms with Gasteiger partial charge in [0, 0.05) is 19.0 Å². The van der Waals surface area contributed by atoms with Crippen LogP contribution >= 0.6 is 15.9 Å². The normalized spacial score (nSPS) is 13.4. The van der Waals surface area contributed by atoms with E-state index in [0.29, 0.717) is 5.92 Å². The lowest BCUT2D eigenvalue weighted by atomic mass is 10.00. The first-order valence-electron chi connectivity index (χ1n) is 6.00. The first-order valence-corrected chi connectivity index (χ1v) is 6.80. The van der Waals surface area contributed by atoms with Crippen molar-refractivity contribution < 1.29 is 0 Å². The van der Waals surface area contributed by atoms with Crippen LogP contribution < -0.4 is 5.73 Å². The van der Waals surface area contributed by atoms with Gasteiger partial charge in [-0.2, -0.15) is 5.10 Å². The summed E-state index contributed by atoms with van der Waals surface area (Å²) in [6.07, 6.45) is 1.84. The Balaban J connectivity index is 2.97. The largest absolute Gasteiger partial charge is 0.327 e. The van der Waals surface area contributed by atoms with E-state index in [4.69, 9.17) is 5.73 Å². The number of rotatable bonds is 5. The van der Waals surface area contributed by atoms with Crippen LogP contribution in [-0.2, 0) is 19.4 Å². The summed E-state index contributed by atoms with van der Waals surface area (Å²) in [5, 5.41) is 4.57. The first-order chi connectivity index (χ1) is 7.51. The van der Waals surface area contributed by atoms with Gasteiger partial charge in [-0.1, -0.05) is 20.8 Å². The first kappa shape index (κ1) is 13.7. The minimum Gasteiger partial charge on any atom is -0.327 e. The zero-order chi connectivity index (χ0) is 12.3. The molecule has 1 heterocycles. The maximum absolute atomic E-state index is 6.13. The van der Waals surface area contributed by atoms with Gasteiger partial charge in [0.05, 0.1) is 15.9 Å².